The minimum absolute atomic E-state index is 0.103. The fourth-order valence-electron chi connectivity index (χ4n) is 0.513. The van der Waals surface area contributed by atoms with Crippen LogP contribution >= 0.6 is 24.0 Å². The van der Waals surface area contributed by atoms with Crippen LogP contribution in [0, 0.1) is 5.92 Å². The zero-order valence-corrected chi connectivity index (χ0v) is 9.35. The summed E-state index contributed by atoms with van der Waals surface area (Å²) in [4.78, 5) is 10.8. The van der Waals surface area contributed by atoms with Crippen molar-refractivity contribution in [1.82, 2.24) is 5.32 Å². The summed E-state index contributed by atoms with van der Waals surface area (Å²) in [6.45, 7) is 6.38. The predicted molar refractivity (Wildman–Crippen MR) is 58.6 cm³/mol. The molecule has 0 heterocycles. The number of hydrogen-bond donors (Lipinski definition) is 1. The summed E-state index contributed by atoms with van der Waals surface area (Å²) in [5, 5.41) is 3.02. The van der Waals surface area contributed by atoms with Crippen LogP contribution in [0.15, 0.2) is 0 Å². The number of carbonyl (C=O) groups is 1. The first-order valence-electron chi connectivity index (χ1n) is 3.99. The van der Waals surface area contributed by atoms with E-state index in [0.29, 0.717) is 0 Å². The van der Waals surface area contributed by atoms with Gasteiger partial charge in [-0.1, -0.05) is 30.9 Å². The molecule has 1 unspecified atom stereocenters. The Hall–Kier alpha value is -0.0900. The smallest absolute Gasteiger partial charge is 0.133 e. The summed E-state index contributed by atoms with van der Waals surface area (Å²) in [5.41, 5.74) is 0. The Bertz CT molecular complexity index is 170. The lowest BCUT2D eigenvalue weighted by Gasteiger charge is -2.07. The van der Waals surface area contributed by atoms with Gasteiger partial charge in [0.2, 0.25) is 0 Å². The summed E-state index contributed by atoms with van der Waals surface area (Å²) in [5.74, 6) is 1.11. The van der Waals surface area contributed by atoms with Crippen LogP contribution in [0.1, 0.15) is 20.8 Å². The van der Waals surface area contributed by atoms with Crippen molar-refractivity contribution in [3.05, 3.63) is 0 Å². The van der Waals surface area contributed by atoms with E-state index in [1.807, 2.05) is 13.8 Å². The van der Waals surface area contributed by atoms with Gasteiger partial charge in [-0.05, 0) is 13.8 Å². The van der Waals surface area contributed by atoms with Gasteiger partial charge in [0.1, 0.15) is 10.1 Å². The number of thioether (sulfide) groups is 1. The quantitative estimate of drug-likeness (QED) is 0.709. The minimum atomic E-state index is 0.103. The first kappa shape index (κ1) is 11.9. The molecule has 0 spiro atoms. The van der Waals surface area contributed by atoms with Gasteiger partial charge >= 0.3 is 0 Å². The van der Waals surface area contributed by atoms with Crippen molar-refractivity contribution < 1.29 is 4.79 Å². The summed E-state index contributed by atoms with van der Waals surface area (Å²) >= 11 is 6.54. The Morgan fingerprint density at radius 3 is 2.67 bits per heavy atom. The van der Waals surface area contributed by atoms with Crippen molar-refractivity contribution >= 4 is 34.1 Å². The highest BCUT2D eigenvalue weighted by Gasteiger charge is 2.08. The molecule has 0 rings (SSSR count). The maximum Gasteiger partial charge on any atom is 0.133 e. The lowest BCUT2D eigenvalue weighted by molar-refractivity contribution is -0.119. The van der Waals surface area contributed by atoms with E-state index in [-0.39, 0.29) is 11.7 Å². The SMILES string of the molecule is CCNC(=S)SCC(C)C(C)=O. The van der Waals surface area contributed by atoms with Crippen LogP contribution in [-0.4, -0.2) is 22.4 Å². The molecule has 0 aliphatic rings. The van der Waals surface area contributed by atoms with E-state index in [2.05, 4.69) is 5.32 Å². The van der Waals surface area contributed by atoms with Crippen molar-refractivity contribution in [1.29, 1.82) is 0 Å². The van der Waals surface area contributed by atoms with Gasteiger partial charge in [-0.15, -0.1) is 0 Å². The molecule has 0 radical (unpaired) electrons. The van der Waals surface area contributed by atoms with Crippen LogP contribution in [0.4, 0.5) is 0 Å². The fourth-order valence-corrected chi connectivity index (χ4v) is 1.74. The van der Waals surface area contributed by atoms with E-state index in [0.717, 1.165) is 16.6 Å². The molecule has 1 N–H and O–H groups in total. The second-order valence-electron chi connectivity index (χ2n) is 2.64. The normalized spacial score (nSPS) is 12.2. The minimum Gasteiger partial charge on any atom is -0.371 e. The number of nitrogens with one attached hydrogen (secondary N) is 1. The Balaban J connectivity index is 3.54. The molecule has 0 fully saturated rings. The van der Waals surface area contributed by atoms with Crippen LogP contribution in [0.2, 0.25) is 0 Å². The molecule has 0 aliphatic carbocycles. The number of thiocarbonyl (C=S) groups is 1. The molecule has 0 saturated carbocycles. The highest BCUT2D eigenvalue weighted by Crippen LogP contribution is 2.09. The largest absolute Gasteiger partial charge is 0.371 e. The van der Waals surface area contributed by atoms with Crippen LogP contribution in [0.3, 0.4) is 0 Å². The summed E-state index contributed by atoms with van der Waals surface area (Å²) in [6.07, 6.45) is 0. The molecule has 4 heteroatoms. The second-order valence-corrected chi connectivity index (χ2v) is 4.34. The zero-order valence-electron chi connectivity index (χ0n) is 7.72. The molecular formula is C8H15NOS2. The van der Waals surface area contributed by atoms with Crippen LogP contribution in [-0.2, 0) is 4.79 Å². The van der Waals surface area contributed by atoms with Gasteiger partial charge in [0.05, 0.1) is 0 Å². The Labute approximate surface area is 83.5 Å². The summed E-state index contributed by atoms with van der Waals surface area (Å²) < 4.78 is 0.783. The lowest BCUT2D eigenvalue weighted by Crippen LogP contribution is -2.19. The van der Waals surface area contributed by atoms with Crippen molar-refractivity contribution in [3.8, 4) is 0 Å². The lowest BCUT2D eigenvalue weighted by atomic mass is 10.1. The molecule has 0 amide bonds. The van der Waals surface area contributed by atoms with Crippen LogP contribution in [0.5, 0.6) is 0 Å². The molecule has 2 nitrogen and oxygen atoms in total. The topological polar surface area (TPSA) is 29.1 Å². The monoisotopic (exact) mass is 205 g/mol. The van der Waals surface area contributed by atoms with E-state index in [9.17, 15) is 4.79 Å². The zero-order chi connectivity index (χ0) is 9.56. The van der Waals surface area contributed by atoms with Crippen molar-refractivity contribution in [2.24, 2.45) is 5.92 Å². The van der Waals surface area contributed by atoms with Gasteiger partial charge in [0.25, 0.3) is 0 Å². The van der Waals surface area contributed by atoms with Gasteiger partial charge in [0, 0.05) is 18.2 Å². The molecule has 0 aromatic carbocycles. The Kier molecular flexibility index (Phi) is 6.38. The average molecular weight is 205 g/mol. The average Bonchev–Trinajstić information content (AvgIpc) is 2.00. The van der Waals surface area contributed by atoms with Gasteiger partial charge in [-0.2, -0.15) is 0 Å². The second kappa shape index (κ2) is 6.43. The third kappa shape index (κ3) is 5.55. The van der Waals surface area contributed by atoms with Gasteiger partial charge < -0.3 is 5.32 Å². The van der Waals surface area contributed by atoms with E-state index < -0.39 is 0 Å². The highest BCUT2D eigenvalue weighted by molar-refractivity contribution is 8.22. The summed E-state index contributed by atoms with van der Waals surface area (Å²) in [7, 11) is 0. The van der Waals surface area contributed by atoms with Crippen LogP contribution < -0.4 is 5.32 Å². The third-order valence-corrected chi connectivity index (χ3v) is 3.05. The number of Topliss-reactive ketones (excluding diaryl/α,β-unsaturated/α-hetero) is 1. The molecule has 70 valence electrons. The van der Waals surface area contributed by atoms with Gasteiger partial charge in [0.15, 0.2) is 0 Å². The summed E-state index contributed by atoms with van der Waals surface area (Å²) in [6, 6.07) is 0. The fraction of sp³-hybridized carbons (Fsp3) is 0.750. The van der Waals surface area contributed by atoms with E-state index >= 15 is 0 Å². The molecule has 1 atom stereocenters. The number of rotatable bonds is 4. The molecular weight excluding hydrogens is 190 g/mol. The van der Waals surface area contributed by atoms with E-state index in [1.54, 1.807) is 6.92 Å². The van der Waals surface area contributed by atoms with Gasteiger partial charge in [-0.3, -0.25) is 4.79 Å². The molecule has 0 aromatic rings. The van der Waals surface area contributed by atoms with Gasteiger partial charge in [-0.25, -0.2) is 0 Å². The van der Waals surface area contributed by atoms with E-state index in [4.69, 9.17) is 12.2 Å². The first-order chi connectivity index (χ1) is 5.57. The molecule has 0 bridgehead atoms. The highest BCUT2D eigenvalue weighted by atomic mass is 32.2. The molecule has 0 aromatic heterocycles. The van der Waals surface area contributed by atoms with Crippen molar-refractivity contribution in [2.45, 2.75) is 20.8 Å². The van der Waals surface area contributed by atoms with Crippen molar-refractivity contribution in [2.75, 3.05) is 12.3 Å². The number of carbonyl (C=O) groups excluding carboxylic acids is 1. The number of ketones is 1. The van der Waals surface area contributed by atoms with Crippen molar-refractivity contribution in [3.63, 3.8) is 0 Å². The standard InChI is InChI=1S/C8H15NOS2/c1-4-9-8(11)12-5-6(2)7(3)10/h6H,4-5H2,1-3H3,(H,9,11). The molecule has 12 heavy (non-hydrogen) atoms. The Morgan fingerprint density at radius 2 is 2.25 bits per heavy atom. The first-order valence-corrected chi connectivity index (χ1v) is 5.38. The van der Waals surface area contributed by atoms with Crippen LogP contribution in [0.25, 0.3) is 0 Å². The third-order valence-electron chi connectivity index (χ3n) is 1.48. The predicted octanol–water partition coefficient (Wildman–Crippen LogP) is 1.84. The number of hydrogen-bond acceptors (Lipinski definition) is 3. The Morgan fingerprint density at radius 1 is 1.67 bits per heavy atom. The molecule has 0 saturated heterocycles. The maximum absolute atomic E-state index is 10.8. The molecule has 0 aliphatic heterocycles. The maximum atomic E-state index is 10.8. The van der Waals surface area contributed by atoms with E-state index in [1.165, 1.54) is 11.8 Å².